The highest BCUT2D eigenvalue weighted by Gasteiger charge is 2.51. The van der Waals surface area contributed by atoms with Crippen molar-refractivity contribution in [2.75, 3.05) is 0 Å². The summed E-state index contributed by atoms with van der Waals surface area (Å²) in [6, 6.07) is 7.78. The first-order valence-corrected chi connectivity index (χ1v) is 7.94. The Bertz CT molecular complexity index is 755. The summed E-state index contributed by atoms with van der Waals surface area (Å²) in [7, 11) is 0. The number of halogens is 1. The van der Waals surface area contributed by atoms with Gasteiger partial charge in [-0.25, -0.2) is 4.68 Å². The second-order valence-electron chi connectivity index (χ2n) is 5.58. The van der Waals surface area contributed by atoms with Crippen LogP contribution in [0.15, 0.2) is 34.9 Å². The van der Waals surface area contributed by atoms with E-state index in [4.69, 9.17) is 5.11 Å². The standard InChI is InChI=1S/C15H15BrN4O3/c16-11-3-1-2-10(6-11)15(4-5-15)14(23)17-7-12-8-20(19-18-12)9-13(21)22/h1-3,6,8H,4-5,7,9H2,(H,17,23)(H,21,22). The first kappa shape index (κ1) is 15.7. The molecule has 1 aromatic carbocycles. The van der Waals surface area contributed by atoms with E-state index in [1.54, 1.807) is 0 Å². The zero-order valence-corrected chi connectivity index (χ0v) is 13.8. The van der Waals surface area contributed by atoms with E-state index in [1.807, 2.05) is 24.3 Å². The van der Waals surface area contributed by atoms with Crippen LogP contribution in [-0.2, 0) is 28.1 Å². The summed E-state index contributed by atoms with van der Waals surface area (Å²) in [5.74, 6) is -1.03. The van der Waals surface area contributed by atoms with Gasteiger partial charge < -0.3 is 10.4 Å². The number of rotatable bonds is 6. The number of carbonyl (C=O) groups is 2. The molecule has 0 unspecified atom stereocenters. The Kier molecular flexibility index (Phi) is 4.16. The molecule has 1 fully saturated rings. The molecule has 0 bridgehead atoms. The highest BCUT2D eigenvalue weighted by atomic mass is 79.9. The molecule has 1 aliphatic rings. The Balaban J connectivity index is 1.63. The molecule has 8 heteroatoms. The Labute approximate surface area is 140 Å². The number of carbonyl (C=O) groups excluding carboxylic acids is 1. The summed E-state index contributed by atoms with van der Waals surface area (Å²) >= 11 is 3.43. The van der Waals surface area contributed by atoms with Gasteiger partial charge in [0.2, 0.25) is 5.91 Å². The smallest absolute Gasteiger partial charge is 0.325 e. The van der Waals surface area contributed by atoms with E-state index in [9.17, 15) is 9.59 Å². The lowest BCUT2D eigenvalue weighted by Crippen LogP contribution is -2.34. The van der Waals surface area contributed by atoms with Crippen molar-refractivity contribution >= 4 is 27.8 Å². The highest BCUT2D eigenvalue weighted by molar-refractivity contribution is 9.10. The first-order valence-electron chi connectivity index (χ1n) is 7.15. The van der Waals surface area contributed by atoms with E-state index in [0.29, 0.717) is 5.69 Å². The van der Waals surface area contributed by atoms with Crippen LogP contribution in [0.5, 0.6) is 0 Å². The van der Waals surface area contributed by atoms with Crippen LogP contribution in [0.1, 0.15) is 24.1 Å². The summed E-state index contributed by atoms with van der Waals surface area (Å²) < 4.78 is 2.18. The van der Waals surface area contributed by atoms with Gasteiger partial charge in [-0.05, 0) is 30.5 Å². The number of nitrogens with one attached hydrogen (secondary N) is 1. The van der Waals surface area contributed by atoms with E-state index >= 15 is 0 Å². The van der Waals surface area contributed by atoms with Crippen molar-refractivity contribution in [3.63, 3.8) is 0 Å². The molecular weight excluding hydrogens is 364 g/mol. The molecule has 0 radical (unpaired) electrons. The molecule has 2 N–H and O–H groups in total. The molecule has 7 nitrogen and oxygen atoms in total. The predicted octanol–water partition coefficient (Wildman–Crippen LogP) is 1.47. The normalized spacial score (nSPS) is 15.2. The van der Waals surface area contributed by atoms with Crippen molar-refractivity contribution in [2.24, 2.45) is 0 Å². The summed E-state index contributed by atoms with van der Waals surface area (Å²) in [4.78, 5) is 23.1. The van der Waals surface area contributed by atoms with Crippen LogP contribution in [0.3, 0.4) is 0 Å². The molecule has 1 amide bonds. The Morgan fingerprint density at radius 3 is 2.83 bits per heavy atom. The highest BCUT2D eigenvalue weighted by Crippen LogP contribution is 2.48. The van der Waals surface area contributed by atoms with Crippen molar-refractivity contribution in [1.82, 2.24) is 20.3 Å². The maximum atomic E-state index is 12.5. The van der Waals surface area contributed by atoms with Gasteiger partial charge in [0, 0.05) is 4.47 Å². The van der Waals surface area contributed by atoms with Crippen molar-refractivity contribution in [3.8, 4) is 0 Å². The molecule has 120 valence electrons. The minimum atomic E-state index is -0.989. The van der Waals surface area contributed by atoms with Crippen molar-refractivity contribution in [2.45, 2.75) is 31.3 Å². The van der Waals surface area contributed by atoms with E-state index in [1.165, 1.54) is 10.9 Å². The predicted molar refractivity (Wildman–Crippen MR) is 84.6 cm³/mol. The first-order chi connectivity index (χ1) is 11.0. The van der Waals surface area contributed by atoms with Gasteiger partial charge in [0.1, 0.15) is 12.2 Å². The van der Waals surface area contributed by atoms with Gasteiger partial charge in [-0.3, -0.25) is 9.59 Å². The second-order valence-corrected chi connectivity index (χ2v) is 6.49. The molecule has 2 aromatic rings. The van der Waals surface area contributed by atoms with Crippen molar-refractivity contribution in [3.05, 3.63) is 46.2 Å². The second kappa shape index (κ2) is 6.11. The van der Waals surface area contributed by atoms with Gasteiger partial charge >= 0.3 is 5.97 Å². The molecule has 1 heterocycles. The Morgan fingerprint density at radius 1 is 1.39 bits per heavy atom. The largest absolute Gasteiger partial charge is 0.480 e. The van der Waals surface area contributed by atoms with Gasteiger partial charge in [0.25, 0.3) is 0 Å². The number of benzene rings is 1. The zero-order chi connectivity index (χ0) is 16.4. The molecule has 0 saturated heterocycles. The zero-order valence-electron chi connectivity index (χ0n) is 12.2. The Morgan fingerprint density at radius 2 is 2.17 bits per heavy atom. The number of carboxylic acids is 1. The van der Waals surface area contributed by atoms with Crippen molar-refractivity contribution < 1.29 is 14.7 Å². The third-order valence-corrected chi connectivity index (χ3v) is 4.37. The quantitative estimate of drug-likeness (QED) is 0.793. The lowest BCUT2D eigenvalue weighted by Gasteiger charge is -2.15. The van der Waals surface area contributed by atoms with Gasteiger partial charge in [0.05, 0.1) is 18.2 Å². The summed E-state index contributed by atoms with van der Waals surface area (Å²) in [5, 5.41) is 19.1. The monoisotopic (exact) mass is 378 g/mol. The topological polar surface area (TPSA) is 97.1 Å². The third kappa shape index (κ3) is 3.42. The molecule has 1 saturated carbocycles. The van der Waals surface area contributed by atoms with Crippen LogP contribution in [-0.4, -0.2) is 32.0 Å². The van der Waals surface area contributed by atoms with E-state index < -0.39 is 11.4 Å². The lowest BCUT2D eigenvalue weighted by atomic mass is 9.95. The number of amides is 1. The maximum Gasteiger partial charge on any atom is 0.325 e. The number of hydrogen-bond acceptors (Lipinski definition) is 4. The minimum absolute atomic E-state index is 0.0385. The summed E-state index contributed by atoms with van der Waals surface area (Å²) in [5.41, 5.74) is 1.07. The molecule has 0 spiro atoms. The lowest BCUT2D eigenvalue weighted by molar-refractivity contribution is -0.138. The number of hydrogen-bond donors (Lipinski definition) is 2. The molecule has 0 aliphatic heterocycles. The van der Waals surface area contributed by atoms with Crippen LogP contribution < -0.4 is 5.32 Å². The van der Waals surface area contributed by atoms with Crippen LogP contribution in [0, 0.1) is 0 Å². The molecule has 23 heavy (non-hydrogen) atoms. The fraction of sp³-hybridized carbons (Fsp3) is 0.333. The van der Waals surface area contributed by atoms with Gasteiger partial charge in [-0.2, -0.15) is 0 Å². The van der Waals surface area contributed by atoms with E-state index in [-0.39, 0.29) is 19.0 Å². The molecule has 1 aromatic heterocycles. The van der Waals surface area contributed by atoms with Crippen LogP contribution in [0.25, 0.3) is 0 Å². The van der Waals surface area contributed by atoms with Gasteiger partial charge in [0.15, 0.2) is 0 Å². The number of aromatic nitrogens is 3. The van der Waals surface area contributed by atoms with E-state index in [2.05, 4.69) is 31.6 Å². The maximum absolute atomic E-state index is 12.5. The van der Waals surface area contributed by atoms with E-state index in [0.717, 1.165) is 22.9 Å². The fourth-order valence-electron chi connectivity index (χ4n) is 2.53. The van der Waals surface area contributed by atoms with Crippen LogP contribution in [0.2, 0.25) is 0 Å². The fourth-order valence-corrected chi connectivity index (χ4v) is 2.93. The van der Waals surface area contributed by atoms with Crippen molar-refractivity contribution in [1.29, 1.82) is 0 Å². The number of carboxylic acid groups (broad SMARTS) is 1. The average Bonchev–Trinajstić information content (AvgIpc) is 3.20. The molecular formula is C15H15BrN4O3. The van der Waals surface area contributed by atoms with Crippen LogP contribution in [0.4, 0.5) is 0 Å². The summed E-state index contributed by atoms with van der Waals surface area (Å²) in [6.45, 7) is -0.0167. The molecule has 3 rings (SSSR count). The molecule has 0 atom stereocenters. The number of nitrogens with zero attached hydrogens (tertiary/aromatic N) is 3. The minimum Gasteiger partial charge on any atom is -0.480 e. The average molecular weight is 379 g/mol. The molecule has 1 aliphatic carbocycles. The van der Waals surface area contributed by atoms with Gasteiger partial charge in [-0.1, -0.05) is 33.3 Å². The summed E-state index contributed by atoms with van der Waals surface area (Å²) in [6.07, 6.45) is 3.16. The third-order valence-electron chi connectivity index (χ3n) is 3.88. The van der Waals surface area contributed by atoms with Crippen LogP contribution >= 0.6 is 15.9 Å². The number of aliphatic carboxylic acids is 1. The Hall–Kier alpha value is -2.22. The van der Waals surface area contributed by atoms with Gasteiger partial charge in [-0.15, -0.1) is 5.10 Å². The SMILES string of the molecule is O=C(O)Cn1cc(CNC(=O)C2(c3cccc(Br)c3)CC2)nn1.